The van der Waals surface area contributed by atoms with E-state index in [9.17, 15) is 0 Å². The smallest absolute Gasteiger partial charge is 0.155 e. The third kappa shape index (κ3) is 6.80. The van der Waals surface area contributed by atoms with E-state index in [-0.39, 0.29) is 12.4 Å². The first-order chi connectivity index (χ1) is 12.1. The third-order valence-electron chi connectivity index (χ3n) is 6.66. The SMILES string of the molecule is CCOC(C)OC(C=CI)[C@H]1C[C@](CC)(CCCC2CCCCC2)C1. The highest BCUT2D eigenvalue weighted by atomic mass is 127. The third-order valence-corrected chi connectivity index (χ3v) is 7.08. The Balaban J connectivity index is 1.76. The van der Waals surface area contributed by atoms with Gasteiger partial charge in [-0.3, -0.25) is 0 Å². The lowest BCUT2D eigenvalue weighted by atomic mass is 9.57. The maximum Gasteiger partial charge on any atom is 0.155 e. The molecule has 2 fully saturated rings. The number of rotatable bonds is 11. The Morgan fingerprint density at radius 3 is 2.48 bits per heavy atom. The number of hydrogen-bond donors (Lipinski definition) is 0. The van der Waals surface area contributed by atoms with Crippen molar-refractivity contribution in [1.82, 2.24) is 0 Å². The average molecular weight is 462 g/mol. The van der Waals surface area contributed by atoms with Crippen LogP contribution in [0.25, 0.3) is 0 Å². The Morgan fingerprint density at radius 2 is 1.88 bits per heavy atom. The fraction of sp³-hybridized carbons (Fsp3) is 0.909. The van der Waals surface area contributed by atoms with Gasteiger partial charge >= 0.3 is 0 Å². The maximum atomic E-state index is 6.16. The van der Waals surface area contributed by atoms with Gasteiger partial charge in [0.05, 0.1) is 6.10 Å². The molecular formula is C22H39IO2. The van der Waals surface area contributed by atoms with Gasteiger partial charge < -0.3 is 9.47 Å². The summed E-state index contributed by atoms with van der Waals surface area (Å²) in [4.78, 5) is 0. The Hall–Kier alpha value is 0.390. The zero-order valence-corrected chi connectivity index (χ0v) is 18.8. The topological polar surface area (TPSA) is 18.5 Å². The molecule has 0 saturated heterocycles. The molecule has 2 aliphatic rings. The molecule has 0 N–H and O–H groups in total. The molecule has 2 aliphatic carbocycles. The van der Waals surface area contributed by atoms with Crippen molar-refractivity contribution in [2.45, 2.75) is 104 Å². The van der Waals surface area contributed by atoms with Crippen LogP contribution in [0.2, 0.25) is 0 Å². The van der Waals surface area contributed by atoms with Crippen LogP contribution in [-0.2, 0) is 9.47 Å². The van der Waals surface area contributed by atoms with E-state index >= 15 is 0 Å². The van der Waals surface area contributed by atoms with Crippen LogP contribution < -0.4 is 0 Å². The monoisotopic (exact) mass is 462 g/mol. The highest BCUT2D eigenvalue weighted by Gasteiger charge is 2.45. The van der Waals surface area contributed by atoms with Crippen molar-refractivity contribution in [3.63, 3.8) is 0 Å². The fourth-order valence-electron chi connectivity index (χ4n) is 5.08. The van der Waals surface area contributed by atoms with Crippen LogP contribution in [0, 0.1) is 17.3 Å². The van der Waals surface area contributed by atoms with Gasteiger partial charge in [-0.25, -0.2) is 0 Å². The molecule has 0 aliphatic heterocycles. The summed E-state index contributed by atoms with van der Waals surface area (Å²) >= 11 is 2.31. The molecule has 2 nitrogen and oxygen atoms in total. The molecule has 146 valence electrons. The Bertz CT molecular complexity index is 383. The van der Waals surface area contributed by atoms with Crippen LogP contribution in [0.1, 0.15) is 91.4 Å². The van der Waals surface area contributed by atoms with Gasteiger partial charge in [0.15, 0.2) is 6.29 Å². The van der Waals surface area contributed by atoms with Crippen molar-refractivity contribution >= 4 is 22.6 Å². The van der Waals surface area contributed by atoms with Gasteiger partial charge in [-0.1, -0.05) is 80.9 Å². The molecule has 2 unspecified atom stereocenters. The molecule has 0 amide bonds. The van der Waals surface area contributed by atoms with E-state index in [4.69, 9.17) is 9.47 Å². The predicted octanol–water partition coefficient (Wildman–Crippen LogP) is 7.26. The van der Waals surface area contributed by atoms with Crippen molar-refractivity contribution in [3.8, 4) is 0 Å². The number of ether oxygens (including phenoxy) is 2. The van der Waals surface area contributed by atoms with Gasteiger partial charge in [-0.15, -0.1) is 0 Å². The molecule has 0 bridgehead atoms. The van der Waals surface area contributed by atoms with Crippen molar-refractivity contribution in [1.29, 1.82) is 0 Å². The Kier molecular flexibility index (Phi) is 9.79. The summed E-state index contributed by atoms with van der Waals surface area (Å²) in [5.74, 6) is 1.70. The van der Waals surface area contributed by atoms with Gasteiger partial charge in [0, 0.05) is 6.61 Å². The van der Waals surface area contributed by atoms with Crippen LogP contribution in [-0.4, -0.2) is 19.0 Å². The van der Waals surface area contributed by atoms with Crippen molar-refractivity contribution < 1.29 is 9.47 Å². The van der Waals surface area contributed by atoms with Gasteiger partial charge in [-0.2, -0.15) is 0 Å². The summed E-state index contributed by atoms with van der Waals surface area (Å²) in [5.41, 5.74) is 0.592. The first-order valence-corrected chi connectivity index (χ1v) is 11.9. The standard InChI is InChI=1S/C22H39IO2/c1-4-22(14-9-12-19-10-7-6-8-11-19)16-20(17-22)21(13-15-23)25-18(3)24-5-2/h13,15,18-21H,4-12,14,16-17H2,1-3H3/t18?,20-,21?,22-. The summed E-state index contributed by atoms with van der Waals surface area (Å²) < 4.78 is 13.9. The minimum atomic E-state index is -0.106. The van der Waals surface area contributed by atoms with E-state index in [1.54, 1.807) is 0 Å². The lowest BCUT2D eigenvalue weighted by molar-refractivity contribution is -0.175. The summed E-state index contributed by atoms with van der Waals surface area (Å²) in [5, 5.41) is 0. The lowest BCUT2D eigenvalue weighted by Gasteiger charge is -2.50. The van der Waals surface area contributed by atoms with Crippen LogP contribution in [0.5, 0.6) is 0 Å². The van der Waals surface area contributed by atoms with Crippen LogP contribution in [0.15, 0.2) is 10.2 Å². The van der Waals surface area contributed by atoms with Gasteiger partial charge in [0.25, 0.3) is 0 Å². The maximum absolute atomic E-state index is 6.16. The highest BCUT2D eigenvalue weighted by molar-refractivity contribution is 14.1. The van der Waals surface area contributed by atoms with Gasteiger partial charge in [0.2, 0.25) is 0 Å². The van der Waals surface area contributed by atoms with Crippen LogP contribution in [0.3, 0.4) is 0 Å². The number of hydrogen-bond acceptors (Lipinski definition) is 2. The quantitative estimate of drug-likeness (QED) is 0.238. The second kappa shape index (κ2) is 11.3. The van der Waals surface area contributed by atoms with E-state index in [0.29, 0.717) is 17.9 Å². The Labute approximate surface area is 169 Å². The largest absolute Gasteiger partial charge is 0.353 e. The van der Waals surface area contributed by atoms with E-state index < -0.39 is 0 Å². The van der Waals surface area contributed by atoms with Crippen LogP contribution >= 0.6 is 22.6 Å². The minimum Gasteiger partial charge on any atom is -0.353 e. The first kappa shape index (κ1) is 21.7. The van der Waals surface area contributed by atoms with Crippen LogP contribution in [0.4, 0.5) is 0 Å². The second-order valence-corrected chi connectivity index (χ2v) is 9.08. The highest BCUT2D eigenvalue weighted by Crippen LogP contribution is 2.54. The zero-order valence-electron chi connectivity index (χ0n) is 16.6. The molecule has 2 saturated carbocycles. The van der Waals surface area contributed by atoms with Crippen molar-refractivity contribution in [2.75, 3.05) is 6.61 Å². The van der Waals surface area contributed by atoms with Gasteiger partial charge in [-0.05, 0) is 60.5 Å². The molecule has 2 rings (SSSR count). The normalized spacial score (nSPS) is 30.3. The molecule has 0 spiro atoms. The summed E-state index contributed by atoms with van der Waals surface area (Å²) in [7, 11) is 0. The molecule has 25 heavy (non-hydrogen) atoms. The van der Waals surface area contributed by atoms with E-state index in [0.717, 1.165) is 5.92 Å². The minimum absolute atomic E-state index is 0.106. The molecule has 0 aromatic rings. The molecule has 0 radical (unpaired) electrons. The van der Waals surface area contributed by atoms with Crippen molar-refractivity contribution in [2.24, 2.45) is 17.3 Å². The average Bonchev–Trinajstić information content (AvgIpc) is 2.58. The molecule has 3 heteroatoms. The zero-order chi connectivity index (χ0) is 18.1. The van der Waals surface area contributed by atoms with E-state index in [1.165, 1.54) is 70.6 Å². The summed E-state index contributed by atoms with van der Waals surface area (Å²) in [6, 6.07) is 0. The predicted molar refractivity (Wildman–Crippen MR) is 115 cm³/mol. The number of halogens is 1. The van der Waals surface area contributed by atoms with Gasteiger partial charge in [0.1, 0.15) is 0 Å². The fourth-order valence-corrected chi connectivity index (χ4v) is 5.49. The molecule has 0 aromatic heterocycles. The van der Waals surface area contributed by atoms with E-state index in [2.05, 4.69) is 39.7 Å². The lowest BCUT2D eigenvalue weighted by Crippen LogP contribution is -2.44. The van der Waals surface area contributed by atoms with Crippen molar-refractivity contribution in [3.05, 3.63) is 10.2 Å². The Morgan fingerprint density at radius 1 is 1.16 bits per heavy atom. The molecule has 0 aromatic carbocycles. The second-order valence-electron chi connectivity index (χ2n) is 8.36. The first-order valence-electron chi connectivity index (χ1n) is 10.7. The molecular weight excluding hydrogens is 423 g/mol. The molecule has 0 heterocycles. The molecule has 2 atom stereocenters. The summed E-state index contributed by atoms with van der Waals surface area (Å²) in [6.45, 7) is 7.16. The summed E-state index contributed by atoms with van der Waals surface area (Å²) in [6.07, 6.45) is 18.1. The van der Waals surface area contributed by atoms with E-state index in [1.807, 2.05) is 13.8 Å².